The van der Waals surface area contributed by atoms with Crippen LogP contribution in [-0.4, -0.2) is 61.5 Å². The molecular weight excluding hydrogens is 453 g/mol. The Bertz CT molecular complexity index is 1020. The highest BCUT2D eigenvalue weighted by molar-refractivity contribution is 7.12. The number of thiophene rings is 1. The highest BCUT2D eigenvalue weighted by Gasteiger charge is 2.34. The Morgan fingerprint density at radius 1 is 1.22 bits per heavy atom. The third-order valence-electron chi connectivity index (χ3n) is 4.89. The Kier molecular flexibility index (Phi) is 6.99. The Balaban J connectivity index is 1.61. The van der Waals surface area contributed by atoms with Crippen LogP contribution in [0, 0.1) is 10.1 Å². The topological polar surface area (TPSA) is 105 Å². The lowest BCUT2D eigenvalue weighted by Crippen LogP contribution is -2.48. The van der Waals surface area contributed by atoms with Crippen LogP contribution < -0.4 is 10.2 Å². The second-order valence-electron chi connectivity index (χ2n) is 6.92. The van der Waals surface area contributed by atoms with E-state index in [4.69, 9.17) is 0 Å². The minimum absolute atomic E-state index is 0.0272. The third kappa shape index (κ3) is 5.34. The molecule has 172 valence electrons. The van der Waals surface area contributed by atoms with Gasteiger partial charge in [-0.1, -0.05) is 0 Å². The molecule has 13 heteroatoms. The Hall–Kier alpha value is -3.19. The number of methoxy groups -OCH3 is 1. The number of piperazine rings is 1. The van der Waals surface area contributed by atoms with Crippen LogP contribution in [0.3, 0.4) is 0 Å². The summed E-state index contributed by atoms with van der Waals surface area (Å²) in [5.74, 6) is -0.899. The predicted molar refractivity (Wildman–Crippen MR) is 111 cm³/mol. The number of carbonyl (C=O) groups is 2. The first-order valence-corrected chi connectivity index (χ1v) is 10.3. The maximum Gasteiger partial charge on any atom is 0.416 e. The monoisotopic (exact) mass is 472 g/mol. The van der Waals surface area contributed by atoms with Gasteiger partial charge < -0.3 is 15.0 Å². The van der Waals surface area contributed by atoms with Gasteiger partial charge in [0.2, 0.25) is 5.91 Å². The fourth-order valence-electron chi connectivity index (χ4n) is 3.31. The number of hydrogen-bond donors (Lipinski definition) is 1. The number of rotatable bonds is 6. The summed E-state index contributed by atoms with van der Waals surface area (Å²) >= 11 is 1.14. The predicted octanol–water partition coefficient (Wildman–Crippen LogP) is 3.22. The van der Waals surface area contributed by atoms with Crippen molar-refractivity contribution in [2.75, 3.05) is 50.1 Å². The normalized spacial score (nSPS) is 14.8. The van der Waals surface area contributed by atoms with Gasteiger partial charge in [0.25, 0.3) is 5.69 Å². The van der Waals surface area contributed by atoms with Crippen LogP contribution in [0.4, 0.5) is 30.2 Å². The van der Waals surface area contributed by atoms with Gasteiger partial charge in [-0.15, -0.1) is 11.3 Å². The molecule has 1 aliphatic heterocycles. The Morgan fingerprint density at radius 2 is 1.91 bits per heavy atom. The minimum atomic E-state index is -4.68. The number of esters is 1. The number of carbonyl (C=O) groups excluding carboxylic acids is 2. The number of nitro groups is 1. The van der Waals surface area contributed by atoms with Crippen LogP contribution in [0.1, 0.15) is 15.2 Å². The highest BCUT2D eigenvalue weighted by atomic mass is 32.1. The molecule has 32 heavy (non-hydrogen) atoms. The number of hydrogen-bond acceptors (Lipinski definition) is 8. The lowest BCUT2D eigenvalue weighted by molar-refractivity contribution is -0.384. The fraction of sp³-hybridized carbons (Fsp3) is 0.368. The number of halogens is 3. The summed E-state index contributed by atoms with van der Waals surface area (Å²) in [6.45, 7) is 1.37. The first-order chi connectivity index (χ1) is 15.1. The summed E-state index contributed by atoms with van der Waals surface area (Å²) in [7, 11) is 1.24. The first kappa shape index (κ1) is 23.5. The molecule has 0 atom stereocenters. The van der Waals surface area contributed by atoms with Crippen molar-refractivity contribution in [3.63, 3.8) is 0 Å². The van der Waals surface area contributed by atoms with E-state index in [0.717, 1.165) is 23.5 Å². The largest absolute Gasteiger partial charge is 0.465 e. The minimum Gasteiger partial charge on any atom is -0.465 e. The van der Waals surface area contributed by atoms with Gasteiger partial charge in [0.1, 0.15) is 10.6 Å². The van der Waals surface area contributed by atoms with E-state index in [2.05, 4.69) is 10.1 Å². The van der Waals surface area contributed by atoms with Crippen molar-refractivity contribution in [3.8, 4) is 0 Å². The van der Waals surface area contributed by atoms with E-state index in [-0.39, 0.29) is 23.0 Å². The zero-order chi connectivity index (χ0) is 23.5. The maximum absolute atomic E-state index is 12.9. The number of ether oxygens (including phenoxy) is 1. The van der Waals surface area contributed by atoms with Crippen molar-refractivity contribution in [1.82, 2.24) is 4.90 Å². The van der Waals surface area contributed by atoms with Crippen molar-refractivity contribution in [3.05, 3.63) is 50.2 Å². The molecule has 0 bridgehead atoms. The molecule has 1 amide bonds. The van der Waals surface area contributed by atoms with Gasteiger partial charge in [0.15, 0.2) is 0 Å². The van der Waals surface area contributed by atoms with E-state index < -0.39 is 28.3 Å². The van der Waals surface area contributed by atoms with Crippen LogP contribution in [0.15, 0.2) is 29.6 Å². The molecule has 1 aromatic carbocycles. The van der Waals surface area contributed by atoms with Gasteiger partial charge >= 0.3 is 12.1 Å². The molecule has 1 saturated heterocycles. The number of nitrogens with one attached hydrogen (secondary N) is 1. The van der Waals surface area contributed by atoms with Gasteiger partial charge in [-0.25, -0.2) is 4.79 Å². The molecule has 3 rings (SSSR count). The van der Waals surface area contributed by atoms with Crippen molar-refractivity contribution in [2.45, 2.75) is 6.18 Å². The molecule has 0 unspecified atom stereocenters. The van der Waals surface area contributed by atoms with Crippen molar-refractivity contribution in [1.29, 1.82) is 0 Å². The van der Waals surface area contributed by atoms with Gasteiger partial charge in [-0.2, -0.15) is 13.2 Å². The smallest absolute Gasteiger partial charge is 0.416 e. The van der Waals surface area contributed by atoms with E-state index in [1.54, 1.807) is 16.3 Å². The fourth-order valence-corrected chi connectivity index (χ4v) is 4.08. The Morgan fingerprint density at radius 3 is 2.50 bits per heavy atom. The lowest BCUT2D eigenvalue weighted by atomic mass is 10.1. The number of amides is 1. The second kappa shape index (κ2) is 9.53. The summed E-state index contributed by atoms with van der Waals surface area (Å²) < 4.78 is 43.4. The number of benzene rings is 1. The average Bonchev–Trinajstić information content (AvgIpc) is 3.20. The SMILES string of the molecule is COC(=O)c1sccc1NC(=O)CN1CCN(c2ccc(C(F)(F)F)cc2[N+](=O)[O-])CC1. The molecule has 0 radical (unpaired) electrons. The molecule has 0 saturated carbocycles. The standard InChI is InChI=1S/C19H19F3N4O5S/c1-31-18(28)17-13(4-9-32-17)23-16(27)11-24-5-7-25(8-6-24)14-3-2-12(19(20,21)22)10-15(14)26(29)30/h2-4,9-10H,5-8,11H2,1H3,(H,23,27). The molecule has 0 aliphatic carbocycles. The van der Waals surface area contributed by atoms with E-state index >= 15 is 0 Å². The molecular formula is C19H19F3N4O5S. The quantitative estimate of drug-likeness (QED) is 0.391. The summed E-state index contributed by atoms with van der Waals surface area (Å²) in [6, 6.07) is 4.06. The average molecular weight is 472 g/mol. The molecule has 0 spiro atoms. The summed E-state index contributed by atoms with van der Waals surface area (Å²) in [5.41, 5.74) is -1.24. The lowest BCUT2D eigenvalue weighted by Gasteiger charge is -2.35. The van der Waals surface area contributed by atoms with Crippen LogP contribution in [0.2, 0.25) is 0 Å². The summed E-state index contributed by atoms with van der Waals surface area (Å²) in [4.78, 5) is 38.3. The molecule has 2 aromatic rings. The van der Waals surface area contributed by atoms with E-state index in [9.17, 15) is 32.9 Å². The van der Waals surface area contributed by atoms with Crippen molar-refractivity contribution >= 4 is 40.3 Å². The maximum atomic E-state index is 12.9. The molecule has 1 aliphatic rings. The van der Waals surface area contributed by atoms with Crippen molar-refractivity contribution in [2.24, 2.45) is 0 Å². The summed E-state index contributed by atoms with van der Waals surface area (Å²) in [6.07, 6.45) is -4.68. The summed E-state index contributed by atoms with van der Waals surface area (Å²) in [5, 5.41) is 15.6. The molecule has 2 heterocycles. The zero-order valence-corrected chi connectivity index (χ0v) is 17.7. The van der Waals surface area contributed by atoms with Crippen LogP contribution in [-0.2, 0) is 15.7 Å². The third-order valence-corrected chi connectivity index (χ3v) is 5.78. The van der Waals surface area contributed by atoms with Gasteiger partial charge in [-0.05, 0) is 23.6 Å². The van der Waals surface area contributed by atoms with E-state index in [0.29, 0.717) is 37.9 Å². The first-order valence-electron chi connectivity index (χ1n) is 9.38. The highest BCUT2D eigenvalue weighted by Crippen LogP contribution is 2.36. The van der Waals surface area contributed by atoms with Crippen LogP contribution >= 0.6 is 11.3 Å². The van der Waals surface area contributed by atoms with Crippen LogP contribution in [0.25, 0.3) is 0 Å². The van der Waals surface area contributed by atoms with E-state index in [1.165, 1.54) is 7.11 Å². The second-order valence-corrected chi connectivity index (χ2v) is 7.84. The number of anilines is 2. The van der Waals surface area contributed by atoms with Crippen molar-refractivity contribution < 1.29 is 32.4 Å². The molecule has 1 fully saturated rings. The number of nitrogens with zero attached hydrogens (tertiary/aromatic N) is 3. The van der Waals surface area contributed by atoms with Crippen LogP contribution in [0.5, 0.6) is 0 Å². The van der Waals surface area contributed by atoms with E-state index in [1.807, 2.05) is 4.90 Å². The number of nitro benzene ring substituents is 1. The van der Waals surface area contributed by atoms with Gasteiger partial charge in [0, 0.05) is 32.2 Å². The Labute approximate surface area is 184 Å². The molecule has 1 N–H and O–H groups in total. The zero-order valence-electron chi connectivity index (χ0n) is 16.8. The van der Waals surface area contributed by atoms with Gasteiger partial charge in [0.05, 0.1) is 29.8 Å². The number of alkyl halides is 3. The van der Waals surface area contributed by atoms with Gasteiger partial charge in [-0.3, -0.25) is 19.8 Å². The molecule has 9 nitrogen and oxygen atoms in total. The molecule has 1 aromatic heterocycles.